The van der Waals surface area contributed by atoms with Crippen LogP contribution in [0.3, 0.4) is 0 Å². The number of rotatable bonds is 6. The highest BCUT2D eigenvalue weighted by Crippen LogP contribution is 2.19. The third-order valence-corrected chi connectivity index (χ3v) is 4.19. The zero-order valence-corrected chi connectivity index (χ0v) is 14.3. The van der Waals surface area contributed by atoms with Crippen molar-refractivity contribution in [2.24, 2.45) is 5.92 Å². The number of amides is 1. The third kappa shape index (κ3) is 5.84. The Morgan fingerprint density at radius 3 is 2.43 bits per heavy atom. The molecule has 0 saturated carbocycles. The first-order valence-corrected chi connectivity index (χ1v) is 8.23. The number of hydrogen-bond acceptors (Lipinski definition) is 4. The van der Waals surface area contributed by atoms with E-state index in [1.54, 1.807) is 7.11 Å². The van der Waals surface area contributed by atoms with Crippen molar-refractivity contribution in [2.45, 2.75) is 38.8 Å². The summed E-state index contributed by atoms with van der Waals surface area (Å²) in [4.78, 5) is 14.5. The molecule has 1 aliphatic rings. The Hall–Kier alpha value is -1.59. The average molecular weight is 320 g/mol. The second-order valence-corrected chi connectivity index (χ2v) is 6.93. The fourth-order valence-electron chi connectivity index (χ4n) is 2.98. The SMILES string of the molecule is COc1ccc(CNC(=O)C2CCN(CC(C)(C)O)CC2)cc1. The maximum absolute atomic E-state index is 12.3. The summed E-state index contributed by atoms with van der Waals surface area (Å²) in [6.45, 7) is 6.58. The molecular weight excluding hydrogens is 292 g/mol. The van der Waals surface area contributed by atoms with E-state index in [0.29, 0.717) is 13.1 Å². The zero-order valence-electron chi connectivity index (χ0n) is 14.3. The van der Waals surface area contributed by atoms with Crippen LogP contribution in [0.1, 0.15) is 32.3 Å². The van der Waals surface area contributed by atoms with Gasteiger partial charge in [0.05, 0.1) is 12.7 Å². The molecule has 0 unspecified atom stereocenters. The highest BCUT2D eigenvalue weighted by molar-refractivity contribution is 5.78. The lowest BCUT2D eigenvalue weighted by Crippen LogP contribution is -2.45. The highest BCUT2D eigenvalue weighted by atomic mass is 16.5. The summed E-state index contributed by atoms with van der Waals surface area (Å²) in [5.41, 5.74) is 0.391. The van der Waals surface area contributed by atoms with Crippen molar-refractivity contribution in [3.63, 3.8) is 0 Å². The van der Waals surface area contributed by atoms with Crippen molar-refractivity contribution in [1.82, 2.24) is 10.2 Å². The number of nitrogens with one attached hydrogen (secondary N) is 1. The third-order valence-electron chi connectivity index (χ3n) is 4.19. The van der Waals surface area contributed by atoms with E-state index in [2.05, 4.69) is 10.2 Å². The number of methoxy groups -OCH3 is 1. The van der Waals surface area contributed by atoms with Crippen LogP contribution in [0.4, 0.5) is 0 Å². The average Bonchev–Trinajstić information content (AvgIpc) is 2.52. The van der Waals surface area contributed by atoms with E-state index in [9.17, 15) is 9.90 Å². The van der Waals surface area contributed by atoms with E-state index in [-0.39, 0.29) is 11.8 Å². The lowest BCUT2D eigenvalue weighted by molar-refractivity contribution is -0.126. The number of β-amino-alcohol motifs (C(OH)–C–C–N with tert-alkyl or cyclic N) is 1. The lowest BCUT2D eigenvalue weighted by Gasteiger charge is -2.34. The Balaban J connectivity index is 1.74. The van der Waals surface area contributed by atoms with E-state index in [1.165, 1.54) is 0 Å². The number of aliphatic hydroxyl groups is 1. The number of piperidine rings is 1. The van der Waals surface area contributed by atoms with Crippen molar-refractivity contribution >= 4 is 5.91 Å². The van der Waals surface area contributed by atoms with Gasteiger partial charge >= 0.3 is 0 Å². The first kappa shape index (κ1) is 17.8. The van der Waals surface area contributed by atoms with Crippen molar-refractivity contribution < 1.29 is 14.6 Å². The number of benzene rings is 1. The molecule has 23 heavy (non-hydrogen) atoms. The van der Waals surface area contributed by atoms with Gasteiger partial charge in [-0.1, -0.05) is 12.1 Å². The van der Waals surface area contributed by atoms with Gasteiger partial charge in [-0.25, -0.2) is 0 Å². The topological polar surface area (TPSA) is 61.8 Å². The first-order valence-electron chi connectivity index (χ1n) is 8.23. The predicted octanol–water partition coefficient (Wildman–Crippen LogP) is 1.79. The van der Waals surface area contributed by atoms with Crippen LogP contribution in [0.15, 0.2) is 24.3 Å². The van der Waals surface area contributed by atoms with Crippen LogP contribution in [0.5, 0.6) is 5.75 Å². The molecule has 1 amide bonds. The second kappa shape index (κ2) is 7.79. The van der Waals surface area contributed by atoms with Crippen molar-refractivity contribution in [3.05, 3.63) is 29.8 Å². The molecule has 0 atom stereocenters. The van der Waals surface area contributed by atoms with Gasteiger partial charge in [-0.05, 0) is 57.5 Å². The Kier molecular flexibility index (Phi) is 6.02. The van der Waals surface area contributed by atoms with E-state index in [1.807, 2.05) is 38.1 Å². The molecule has 5 heteroatoms. The maximum Gasteiger partial charge on any atom is 0.223 e. The Morgan fingerprint density at radius 1 is 1.30 bits per heavy atom. The summed E-state index contributed by atoms with van der Waals surface area (Å²) in [6.07, 6.45) is 1.70. The van der Waals surface area contributed by atoms with Crippen LogP contribution in [-0.2, 0) is 11.3 Å². The normalized spacial score (nSPS) is 17.0. The Labute approximate surface area is 138 Å². The van der Waals surface area contributed by atoms with E-state index in [0.717, 1.165) is 37.2 Å². The summed E-state index contributed by atoms with van der Waals surface area (Å²) < 4.78 is 5.12. The standard InChI is InChI=1S/C18H28N2O3/c1-18(2,22)13-20-10-8-15(9-11-20)17(21)19-12-14-4-6-16(23-3)7-5-14/h4-7,15,22H,8-13H2,1-3H3,(H,19,21). The minimum absolute atomic E-state index is 0.0753. The van der Waals surface area contributed by atoms with Gasteiger partial charge < -0.3 is 20.1 Å². The molecule has 128 valence electrons. The Morgan fingerprint density at radius 2 is 1.91 bits per heavy atom. The number of carbonyl (C=O) groups is 1. The fraction of sp³-hybridized carbons (Fsp3) is 0.611. The van der Waals surface area contributed by atoms with Crippen molar-refractivity contribution in [3.8, 4) is 5.75 Å². The molecule has 5 nitrogen and oxygen atoms in total. The van der Waals surface area contributed by atoms with Gasteiger partial charge in [0.2, 0.25) is 5.91 Å². The molecular formula is C18H28N2O3. The van der Waals surface area contributed by atoms with Crippen LogP contribution in [0, 0.1) is 5.92 Å². The van der Waals surface area contributed by atoms with Crippen molar-refractivity contribution in [2.75, 3.05) is 26.7 Å². The van der Waals surface area contributed by atoms with Crippen LogP contribution in [-0.4, -0.2) is 48.3 Å². The fourth-order valence-corrected chi connectivity index (χ4v) is 2.98. The largest absolute Gasteiger partial charge is 0.497 e. The maximum atomic E-state index is 12.3. The molecule has 0 radical (unpaired) electrons. The van der Waals surface area contributed by atoms with Gasteiger partial charge in [0.25, 0.3) is 0 Å². The summed E-state index contributed by atoms with van der Waals surface area (Å²) in [6, 6.07) is 7.73. The smallest absolute Gasteiger partial charge is 0.223 e. The van der Waals surface area contributed by atoms with Gasteiger partial charge in [0, 0.05) is 19.0 Å². The number of carbonyl (C=O) groups excluding carboxylic acids is 1. The molecule has 1 heterocycles. The van der Waals surface area contributed by atoms with Gasteiger partial charge in [-0.2, -0.15) is 0 Å². The van der Waals surface area contributed by atoms with Crippen LogP contribution < -0.4 is 10.1 Å². The van der Waals surface area contributed by atoms with E-state index < -0.39 is 5.60 Å². The number of likely N-dealkylation sites (tertiary alicyclic amines) is 1. The summed E-state index contributed by atoms with van der Waals surface area (Å²) in [5.74, 6) is 1.02. The zero-order chi connectivity index (χ0) is 16.9. The second-order valence-electron chi connectivity index (χ2n) is 6.93. The molecule has 1 aliphatic heterocycles. The van der Waals surface area contributed by atoms with E-state index in [4.69, 9.17) is 4.74 Å². The van der Waals surface area contributed by atoms with Gasteiger partial charge in [-0.15, -0.1) is 0 Å². The lowest BCUT2D eigenvalue weighted by atomic mass is 9.95. The molecule has 2 rings (SSSR count). The molecule has 2 N–H and O–H groups in total. The molecule has 1 aromatic rings. The van der Waals surface area contributed by atoms with Crippen LogP contribution in [0.25, 0.3) is 0 Å². The highest BCUT2D eigenvalue weighted by Gasteiger charge is 2.27. The molecule has 0 aliphatic carbocycles. The first-order chi connectivity index (χ1) is 10.9. The number of hydrogen-bond donors (Lipinski definition) is 2. The summed E-state index contributed by atoms with van der Waals surface area (Å²) in [5, 5.41) is 12.9. The molecule has 1 fully saturated rings. The van der Waals surface area contributed by atoms with Gasteiger partial charge in [-0.3, -0.25) is 4.79 Å². The molecule has 0 bridgehead atoms. The predicted molar refractivity (Wildman–Crippen MR) is 90.3 cm³/mol. The summed E-state index contributed by atoms with van der Waals surface area (Å²) >= 11 is 0. The summed E-state index contributed by atoms with van der Waals surface area (Å²) in [7, 11) is 1.64. The van der Waals surface area contributed by atoms with Crippen molar-refractivity contribution in [1.29, 1.82) is 0 Å². The Bertz CT molecular complexity index is 500. The van der Waals surface area contributed by atoms with E-state index >= 15 is 0 Å². The number of nitrogens with zero attached hydrogens (tertiary/aromatic N) is 1. The van der Waals surface area contributed by atoms with Gasteiger partial charge in [0.1, 0.15) is 5.75 Å². The molecule has 1 aromatic carbocycles. The molecule has 0 spiro atoms. The minimum atomic E-state index is -0.677. The molecule has 0 aromatic heterocycles. The number of ether oxygens (including phenoxy) is 1. The molecule has 1 saturated heterocycles. The van der Waals surface area contributed by atoms with Gasteiger partial charge in [0.15, 0.2) is 0 Å². The van der Waals surface area contributed by atoms with Crippen LogP contribution >= 0.6 is 0 Å². The van der Waals surface area contributed by atoms with Crippen LogP contribution in [0.2, 0.25) is 0 Å². The monoisotopic (exact) mass is 320 g/mol. The minimum Gasteiger partial charge on any atom is -0.497 e. The quantitative estimate of drug-likeness (QED) is 0.839.